The molecule has 5 aromatic rings. The summed E-state index contributed by atoms with van der Waals surface area (Å²) in [7, 11) is 3.58. The number of imide groups is 1. The predicted molar refractivity (Wildman–Crippen MR) is 230 cm³/mol. The van der Waals surface area contributed by atoms with Crippen LogP contribution in [-0.2, 0) is 16.6 Å². The summed E-state index contributed by atoms with van der Waals surface area (Å²) >= 11 is 1.12. The number of halogens is 3. The predicted octanol–water partition coefficient (Wildman–Crippen LogP) is 6.83. The summed E-state index contributed by atoms with van der Waals surface area (Å²) in [5, 5.41) is 7.54. The van der Waals surface area contributed by atoms with Gasteiger partial charge in [0, 0.05) is 68.8 Å². The SMILES string of the molecule is CCN(C)SNc1ccc(F)c(C(=O)c2ccc3ncn(C4COC5(CCN(C6CCC(c7cc8c(cc7F)c(N7CCC(=O)NC7=O)nn8C)CC6)CC5)C4)c(=O)c3c2)c1F. The number of aromatic nitrogens is 4. The van der Waals surface area contributed by atoms with Gasteiger partial charge in [-0.3, -0.25) is 33.8 Å². The Hall–Kier alpha value is -5.30. The van der Waals surface area contributed by atoms with E-state index in [4.69, 9.17) is 4.74 Å². The highest BCUT2D eigenvalue weighted by Crippen LogP contribution is 2.44. The molecule has 4 fully saturated rings. The summed E-state index contributed by atoms with van der Waals surface area (Å²) < 4.78 is 60.6. The van der Waals surface area contributed by atoms with Crippen LogP contribution in [0.15, 0.2) is 53.6 Å². The molecule has 3 amide bonds. The first-order valence-corrected chi connectivity index (χ1v) is 21.9. The van der Waals surface area contributed by atoms with Gasteiger partial charge in [-0.25, -0.2) is 27.3 Å². The fourth-order valence-electron chi connectivity index (χ4n) is 9.66. The normalized spacial score (nSPS) is 22.0. The van der Waals surface area contributed by atoms with Gasteiger partial charge in [0.25, 0.3) is 5.56 Å². The summed E-state index contributed by atoms with van der Waals surface area (Å²) in [5.74, 6) is -3.16. The number of likely N-dealkylation sites (tertiary alicyclic amines) is 1. The van der Waals surface area contributed by atoms with E-state index >= 15 is 8.78 Å². The van der Waals surface area contributed by atoms with Crippen LogP contribution < -0.4 is 20.5 Å². The zero-order chi connectivity index (χ0) is 43.4. The molecule has 5 heterocycles. The summed E-state index contributed by atoms with van der Waals surface area (Å²) in [5.41, 5.74) is 0.240. The highest BCUT2D eigenvalue weighted by Gasteiger charge is 2.45. The number of benzene rings is 3. The Kier molecular flexibility index (Phi) is 11.4. The maximum absolute atomic E-state index is 15.8. The van der Waals surface area contributed by atoms with E-state index < -0.39 is 34.6 Å². The van der Waals surface area contributed by atoms with E-state index in [1.54, 1.807) is 27.6 Å². The number of rotatable bonds is 10. The minimum Gasteiger partial charge on any atom is -0.373 e. The van der Waals surface area contributed by atoms with Crippen LogP contribution in [0.25, 0.3) is 21.8 Å². The van der Waals surface area contributed by atoms with Crippen molar-refractivity contribution < 1.29 is 32.3 Å². The van der Waals surface area contributed by atoms with E-state index in [0.29, 0.717) is 47.9 Å². The van der Waals surface area contributed by atoms with Crippen molar-refractivity contribution in [2.24, 2.45) is 7.05 Å². The number of amides is 3. The van der Waals surface area contributed by atoms with Gasteiger partial charge in [-0.15, -0.1) is 0 Å². The summed E-state index contributed by atoms with van der Waals surface area (Å²) in [6.45, 7) is 4.78. The molecule has 2 aromatic heterocycles. The lowest BCUT2D eigenvalue weighted by atomic mass is 9.79. The number of carbonyl (C=O) groups excluding carboxylic acids is 3. The number of ketones is 1. The highest BCUT2D eigenvalue weighted by atomic mass is 32.2. The van der Waals surface area contributed by atoms with E-state index in [1.807, 2.05) is 13.0 Å². The fraction of sp³-hybridized carbons (Fsp3) is 0.455. The van der Waals surface area contributed by atoms with Gasteiger partial charge >= 0.3 is 6.03 Å². The van der Waals surface area contributed by atoms with Gasteiger partial charge in [0.1, 0.15) is 11.6 Å². The Morgan fingerprint density at radius 2 is 1.76 bits per heavy atom. The molecule has 4 aliphatic rings. The molecule has 0 bridgehead atoms. The summed E-state index contributed by atoms with van der Waals surface area (Å²) in [6.07, 6.45) is 7.41. The van der Waals surface area contributed by atoms with Crippen LogP contribution in [0, 0.1) is 17.5 Å². The molecule has 3 aliphatic heterocycles. The molecule has 3 aromatic carbocycles. The van der Waals surface area contributed by atoms with E-state index in [1.165, 1.54) is 41.6 Å². The van der Waals surface area contributed by atoms with Gasteiger partial charge in [-0.1, -0.05) is 6.92 Å². The topological polar surface area (TPSA) is 147 Å². The molecule has 18 heteroatoms. The van der Waals surface area contributed by atoms with Gasteiger partial charge in [-0.2, -0.15) is 5.10 Å². The maximum atomic E-state index is 15.8. The second-order valence-corrected chi connectivity index (χ2v) is 17.9. The van der Waals surface area contributed by atoms with E-state index in [2.05, 4.69) is 25.0 Å². The number of hydrogen-bond donors (Lipinski definition) is 2. The van der Waals surface area contributed by atoms with Gasteiger partial charge in [0.05, 0.1) is 52.2 Å². The molecule has 14 nitrogen and oxygen atoms in total. The Morgan fingerprint density at radius 1 is 0.984 bits per heavy atom. The second kappa shape index (κ2) is 16.8. The van der Waals surface area contributed by atoms with Crippen LogP contribution in [0.2, 0.25) is 0 Å². The Morgan fingerprint density at radius 3 is 2.50 bits per heavy atom. The van der Waals surface area contributed by atoms with Crippen molar-refractivity contribution in [3.05, 3.63) is 93.3 Å². The molecule has 1 atom stereocenters. The molecule has 3 saturated heterocycles. The van der Waals surface area contributed by atoms with Gasteiger partial charge in [0.2, 0.25) is 5.91 Å². The Labute approximate surface area is 360 Å². The number of hydrogen-bond acceptors (Lipinski definition) is 11. The third-order valence-electron chi connectivity index (χ3n) is 13.3. The standard InChI is InChI=1S/C44H48F3N9O5S/c1-4-52(2)62-51-35-12-10-32(45)38(39(35)47)40(58)26-7-11-34-30(19-26)42(59)56(24-48-34)28-22-44(61-23-28)14-17-54(18-15-44)27-8-5-25(6-9-27)29-21-36-31(20-33(29)46)41(50-53(36)3)55-16-13-37(57)49-43(55)60/h7,10-12,19-21,24-25,27-28,51H,4-6,8-9,13-18,22-23H2,1-3H3,(H,49,57,60). The monoisotopic (exact) mass is 871 g/mol. The Balaban J connectivity index is 0.831. The average molecular weight is 872 g/mol. The number of carbonyl (C=O) groups is 3. The smallest absolute Gasteiger partial charge is 0.329 e. The summed E-state index contributed by atoms with van der Waals surface area (Å²) in [6, 6.07) is 9.46. The first-order chi connectivity index (χ1) is 29.8. The number of fused-ring (bicyclic) bond motifs is 2. The lowest BCUT2D eigenvalue weighted by molar-refractivity contribution is -0.120. The molecular formula is C44H48F3N9O5S. The van der Waals surface area contributed by atoms with Crippen molar-refractivity contribution in [2.45, 2.75) is 81.9 Å². The Bertz CT molecular complexity index is 2660. The van der Waals surface area contributed by atoms with Crippen molar-refractivity contribution in [1.29, 1.82) is 0 Å². The highest BCUT2D eigenvalue weighted by molar-refractivity contribution is 7.98. The van der Waals surface area contributed by atoms with E-state index in [-0.39, 0.29) is 58.8 Å². The van der Waals surface area contributed by atoms with E-state index in [0.717, 1.165) is 75.3 Å². The van der Waals surface area contributed by atoms with Gasteiger partial charge in [-0.05, 0) is 106 Å². The number of nitrogens with zero attached hydrogens (tertiary/aromatic N) is 7. The number of aryl methyl sites for hydroxylation is 1. The van der Waals surface area contributed by atoms with Gasteiger partial charge < -0.3 is 14.4 Å². The lowest BCUT2D eigenvalue weighted by Gasteiger charge is -2.44. The van der Waals surface area contributed by atoms with Crippen LogP contribution in [0.4, 0.5) is 29.5 Å². The number of anilines is 2. The van der Waals surface area contributed by atoms with Crippen molar-refractivity contribution in [3.8, 4) is 0 Å². The number of nitrogens with one attached hydrogen (secondary N) is 2. The third-order valence-corrected chi connectivity index (χ3v) is 14.2. The number of ether oxygens (including phenoxy) is 1. The van der Waals surface area contributed by atoms with E-state index in [9.17, 15) is 23.6 Å². The average Bonchev–Trinajstić information content (AvgIpc) is 3.82. The molecule has 0 radical (unpaired) electrons. The molecule has 1 spiro atoms. The zero-order valence-electron chi connectivity index (χ0n) is 34.8. The minimum atomic E-state index is -1.01. The molecule has 1 aliphatic carbocycles. The van der Waals surface area contributed by atoms with Gasteiger partial charge in [0.15, 0.2) is 17.4 Å². The van der Waals surface area contributed by atoms with Crippen molar-refractivity contribution in [2.75, 3.05) is 49.5 Å². The molecule has 62 heavy (non-hydrogen) atoms. The van der Waals surface area contributed by atoms with Crippen LogP contribution in [0.3, 0.4) is 0 Å². The molecular weight excluding hydrogens is 824 g/mol. The lowest BCUT2D eigenvalue weighted by Crippen LogP contribution is -2.49. The molecule has 1 saturated carbocycles. The molecule has 1 unspecified atom stereocenters. The fourth-order valence-corrected chi connectivity index (χ4v) is 10.2. The quantitative estimate of drug-likeness (QED) is 0.113. The number of piperidine rings is 1. The second-order valence-electron chi connectivity index (χ2n) is 16.9. The number of urea groups is 1. The zero-order valence-corrected chi connectivity index (χ0v) is 35.6. The van der Waals surface area contributed by atoms with Crippen molar-refractivity contribution in [3.63, 3.8) is 0 Å². The third kappa shape index (κ3) is 7.75. The summed E-state index contributed by atoms with van der Waals surface area (Å²) in [4.78, 5) is 60.2. The maximum Gasteiger partial charge on any atom is 0.329 e. The van der Waals surface area contributed by atoms with Crippen molar-refractivity contribution >= 4 is 63.2 Å². The van der Waals surface area contributed by atoms with Crippen LogP contribution in [-0.4, -0.2) is 97.7 Å². The van der Waals surface area contributed by atoms with Crippen molar-refractivity contribution in [1.82, 2.24) is 33.9 Å². The first kappa shape index (κ1) is 42.0. The first-order valence-electron chi connectivity index (χ1n) is 21.2. The molecule has 326 valence electrons. The van der Waals surface area contributed by atoms with Crippen LogP contribution in [0.5, 0.6) is 0 Å². The van der Waals surface area contributed by atoms with Crippen LogP contribution >= 0.6 is 12.1 Å². The van der Waals surface area contributed by atoms with Crippen LogP contribution in [0.1, 0.15) is 91.7 Å². The minimum absolute atomic E-state index is 0.0263. The molecule has 9 rings (SSSR count). The molecule has 2 N–H and O–H groups in total. The largest absolute Gasteiger partial charge is 0.373 e.